The van der Waals surface area contributed by atoms with Crippen LogP contribution >= 0.6 is 15.9 Å². The van der Waals surface area contributed by atoms with E-state index in [0.717, 1.165) is 19.3 Å². The number of hydrogen-bond acceptors (Lipinski definition) is 2. The smallest absolute Gasteiger partial charge is 0.312 e. The fourth-order valence-electron chi connectivity index (χ4n) is 4.87. The predicted molar refractivity (Wildman–Crippen MR) is 74.9 cm³/mol. The minimum Gasteiger partial charge on any atom is -0.465 e. The molecule has 20 heavy (non-hydrogen) atoms. The lowest BCUT2D eigenvalue weighted by molar-refractivity contribution is -0.173. The van der Waals surface area contributed by atoms with Crippen LogP contribution in [-0.4, -0.2) is 23.8 Å². The van der Waals surface area contributed by atoms with Crippen LogP contribution in [0.4, 0.5) is 8.78 Å². The van der Waals surface area contributed by atoms with Gasteiger partial charge in [0, 0.05) is 6.42 Å². The molecule has 5 heteroatoms. The molecule has 4 fully saturated rings. The van der Waals surface area contributed by atoms with Crippen LogP contribution < -0.4 is 0 Å². The Labute approximate surface area is 126 Å². The molecule has 4 aliphatic rings. The maximum atomic E-state index is 13.1. The van der Waals surface area contributed by atoms with Crippen molar-refractivity contribution in [1.82, 2.24) is 0 Å². The quantitative estimate of drug-likeness (QED) is 0.549. The Bertz CT molecular complexity index is 362. The summed E-state index contributed by atoms with van der Waals surface area (Å²) >= 11 is 2.78. The number of rotatable bonds is 5. The molecule has 0 heterocycles. The molecule has 0 aromatic rings. The van der Waals surface area contributed by atoms with Crippen LogP contribution in [-0.2, 0) is 9.53 Å². The number of esters is 1. The third kappa shape index (κ3) is 2.75. The van der Waals surface area contributed by atoms with Crippen molar-refractivity contribution in [2.24, 2.45) is 23.2 Å². The van der Waals surface area contributed by atoms with Gasteiger partial charge in [0.15, 0.2) is 0 Å². The molecule has 0 radical (unpaired) electrons. The Hall–Kier alpha value is -0.190. The Morgan fingerprint density at radius 2 is 1.65 bits per heavy atom. The highest BCUT2D eigenvalue weighted by Gasteiger charge is 2.55. The number of alkyl halides is 3. The fourth-order valence-corrected chi connectivity index (χ4v) is 5.15. The molecule has 4 aliphatic carbocycles. The lowest BCUT2D eigenvalue weighted by Gasteiger charge is -2.55. The van der Waals surface area contributed by atoms with Crippen molar-refractivity contribution in [3.8, 4) is 0 Å². The molecular weight excluding hydrogens is 330 g/mol. The first kappa shape index (κ1) is 14.7. The zero-order chi connectivity index (χ0) is 14.4. The third-order valence-corrected chi connectivity index (χ3v) is 6.19. The summed E-state index contributed by atoms with van der Waals surface area (Å²) < 4.78 is 31.5. The number of halogens is 3. The molecule has 0 aromatic carbocycles. The van der Waals surface area contributed by atoms with Crippen LogP contribution in [0.2, 0.25) is 0 Å². The Kier molecular flexibility index (Phi) is 3.85. The largest absolute Gasteiger partial charge is 0.465 e. The average molecular weight is 351 g/mol. The maximum Gasteiger partial charge on any atom is 0.312 e. The number of carbonyl (C=O) groups is 1. The molecule has 0 spiro atoms. The van der Waals surface area contributed by atoms with E-state index in [4.69, 9.17) is 4.74 Å². The Balaban J connectivity index is 1.57. The van der Waals surface area contributed by atoms with E-state index in [1.807, 2.05) is 0 Å². The van der Waals surface area contributed by atoms with Crippen LogP contribution in [0.15, 0.2) is 0 Å². The van der Waals surface area contributed by atoms with Gasteiger partial charge in [-0.05, 0) is 56.3 Å². The Morgan fingerprint density at radius 3 is 2.10 bits per heavy atom. The first-order chi connectivity index (χ1) is 9.42. The van der Waals surface area contributed by atoms with Crippen molar-refractivity contribution in [3.05, 3.63) is 0 Å². The zero-order valence-corrected chi connectivity index (χ0v) is 13.1. The normalized spacial score (nSPS) is 39.0. The topological polar surface area (TPSA) is 26.3 Å². The third-order valence-electron chi connectivity index (χ3n) is 5.37. The fraction of sp³-hybridized carbons (Fsp3) is 0.933. The van der Waals surface area contributed by atoms with E-state index in [9.17, 15) is 13.6 Å². The van der Waals surface area contributed by atoms with Crippen molar-refractivity contribution in [1.29, 1.82) is 0 Å². The highest BCUT2D eigenvalue weighted by atomic mass is 79.9. The molecule has 0 atom stereocenters. The van der Waals surface area contributed by atoms with Gasteiger partial charge < -0.3 is 4.74 Å². The highest BCUT2D eigenvalue weighted by molar-refractivity contribution is 9.09. The van der Waals surface area contributed by atoms with E-state index in [-0.39, 0.29) is 23.3 Å². The van der Waals surface area contributed by atoms with E-state index in [0.29, 0.717) is 17.8 Å². The average Bonchev–Trinajstić information content (AvgIpc) is 2.37. The molecule has 0 saturated heterocycles. The van der Waals surface area contributed by atoms with Crippen molar-refractivity contribution in [2.45, 2.75) is 50.9 Å². The summed E-state index contributed by atoms with van der Waals surface area (Å²) in [6.45, 7) is -0.167. The molecule has 2 nitrogen and oxygen atoms in total. The second kappa shape index (κ2) is 5.22. The lowest BCUT2D eigenvalue weighted by Crippen LogP contribution is -2.50. The standard InChI is InChI=1S/C15H21BrF2O2/c16-9-15(17,18)1-2-20-13(19)14-6-10-3-11(7-14)5-12(4-10)8-14/h10-12H,1-9H2. The minimum absolute atomic E-state index is 0.167. The van der Waals surface area contributed by atoms with Crippen molar-refractivity contribution < 1.29 is 18.3 Å². The van der Waals surface area contributed by atoms with Gasteiger partial charge in [0.05, 0.1) is 17.4 Å². The minimum atomic E-state index is -2.79. The number of ether oxygens (including phenoxy) is 1. The molecule has 0 aromatic heterocycles. The van der Waals surface area contributed by atoms with E-state index in [1.54, 1.807) is 0 Å². The van der Waals surface area contributed by atoms with Crippen molar-refractivity contribution in [3.63, 3.8) is 0 Å². The van der Waals surface area contributed by atoms with Crippen molar-refractivity contribution >= 4 is 21.9 Å². The van der Waals surface area contributed by atoms with Crippen LogP contribution in [0.1, 0.15) is 44.9 Å². The summed E-state index contributed by atoms with van der Waals surface area (Å²) in [6.07, 6.45) is 6.15. The van der Waals surface area contributed by atoms with Crippen molar-refractivity contribution in [2.75, 3.05) is 11.9 Å². The van der Waals surface area contributed by atoms with Crippen LogP contribution in [0, 0.1) is 23.2 Å². The molecule has 0 amide bonds. The lowest BCUT2D eigenvalue weighted by atomic mass is 9.49. The second-order valence-corrected chi connectivity index (χ2v) is 7.63. The van der Waals surface area contributed by atoms with Gasteiger partial charge in [0.25, 0.3) is 5.92 Å². The summed E-state index contributed by atoms with van der Waals surface area (Å²) in [5, 5.41) is -0.380. The van der Waals surface area contributed by atoms with Crippen LogP contribution in [0.3, 0.4) is 0 Å². The van der Waals surface area contributed by atoms with Gasteiger partial charge in [0.1, 0.15) is 0 Å². The van der Waals surface area contributed by atoms with E-state index in [1.165, 1.54) is 19.3 Å². The van der Waals surface area contributed by atoms with Gasteiger partial charge in [-0.2, -0.15) is 0 Å². The molecule has 4 saturated carbocycles. The number of carbonyl (C=O) groups excluding carboxylic acids is 1. The van der Waals surface area contributed by atoms with Gasteiger partial charge in [-0.3, -0.25) is 4.79 Å². The predicted octanol–water partition coefficient (Wildman–Crippen LogP) is 4.17. The van der Waals surface area contributed by atoms with Crippen LogP contribution in [0.25, 0.3) is 0 Å². The molecular formula is C15H21BrF2O2. The molecule has 4 rings (SSSR count). The summed E-state index contributed by atoms with van der Waals surface area (Å²) in [6, 6.07) is 0. The first-order valence-corrected chi connectivity index (χ1v) is 8.66. The molecule has 114 valence electrons. The second-order valence-electron chi connectivity index (χ2n) is 7.07. The van der Waals surface area contributed by atoms with Gasteiger partial charge >= 0.3 is 5.97 Å². The SMILES string of the molecule is O=C(OCCC(F)(F)CBr)C12CC3CC(CC(C3)C1)C2. The van der Waals surface area contributed by atoms with Gasteiger partial charge in [0.2, 0.25) is 0 Å². The van der Waals surface area contributed by atoms with Gasteiger partial charge in [-0.25, -0.2) is 8.78 Å². The summed E-state index contributed by atoms with van der Waals surface area (Å²) in [4.78, 5) is 12.4. The molecule has 4 bridgehead atoms. The van der Waals surface area contributed by atoms with Gasteiger partial charge in [-0.15, -0.1) is 0 Å². The molecule has 0 N–H and O–H groups in total. The molecule has 0 unspecified atom stereocenters. The Morgan fingerprint density at radius 1 is 1.15 bits per heavy atom. The van der Waals surface area contributed by atoms with E-state index >= 15 is 0 Å². The maximum absolute atomic E-state index is 13.1. The van der Waals surface area contributed by atoms with Crippen LogP contribution in [0.5, 0.6) is 0 Å². The summed E-state index contributed by atoms with van der Waals surface area (Å²) in [5.74, 6) is -1.00. The number of hydrogen-bond donors (Lipinski definition) is 0. The first-order valence-electron chi connectivity index (χ1n) is 7.53. The van der Waals surface area contributed by atoms with E-state index in [2.05, 4.69) is 15.9 Å². The zero-order valence-electron chi connectivity index (χ0n) is 11.5. The van der Waals surface area contributed by atoms with Gasteiger partial charge in [-0.1, -0.05) is 15.9 Å². The highest BCUT2D eigenvalue weighted by Crippen LogP contribution is 2.60. The van der Waals surface area contributed by atoms with E-state index < -0.39 is 12.3 Å². The summed E-state index contributed by atoms with van der Waals surface area (Å²) in [5.41, 5.74) is -0.335. The summed E-state index contributed by atoms with van der Waals surface area (Å²) in [7, 11) is 0. The molecule has 0 aliphatic heterocycles. The monoisotopic (exact) mass is 350 g/mol.